The summed E-state index contributed by atoms with van der Waals surface area (Å²) in [5, 5.41) is 0. The third kappa shape index (κ3) is 6.81. The van der Waals surface area contributed by atoms with Gasteiger partial charge in [0.2, 0.25) is 0 Å². The Morgan fingerprint density at radius 1 is 0.722 bits per heavy atom. The Balaban J connectivity index is 4.33. The number of hydrogen-bond acceptors (Lipinski definition) is 0. The monoisotopic (exact) mass is 254 g/mol. The lowest BCUT2D eigenvalue weighted by molar-refractivity contribution is 0.184. The van der Waals surface area contributed by atoms with Crippen LogP contribution in [0.15, 0.2) is 0 Å². The van der Waals surface area contributed by atoms with Crippen molar-refractivity contribution in [2.24, 2.45) is 35.5 Å². The molecule has 3 atom stereocenters. The Morgan fingerprint density at radius 2 is 1.28 bits per heavy atom. The van der Waals surface area contributed by atoms with E-state index in [9.17, 15) is 0 Å². The predicted molar refractivity (Wildman–Crippen MR) is 84.8 cm³/mol. The topological polar surface area (TPSA) is 0 Å². The van der Waals surface area contributed by atoms with Crippen molar-refractivity contribution in [3.8, 4) is 0 Å². The molecule has 0 heterocycles. The number of hydrogen-bond donors (Lipinski definition) is 0. The van der Waals surface area contributed by atoms with E-state index < -0.39 is 0 Å². The lowest BCUT2D eigenvalue weighted by Crippen LogP contribution is -2.23. The van der Waals surface area contributed by atoms with Gasteiger partial charge in [0.05, 0.1) is 0 Å². The van der Waals surface area contributed by atoms with Crippen molar-refractivity contribution < 1.29 is 0 Å². The number of rotatable bonds is 9. The first-order chi connectivity index (χ1) is 8.29. The molecule has 0 bridgehead atoms. The summed E-state index contributed by atoms with van der Waals surface area (Å²) in [6, 6.07) is 0. The van der Waals surface area contributed by atoms with Crippen molar-refractivity contribution in [3.05, 3.63) is 0 Å². The molecule has 0 aromatic carbocycles. The van der Waals surface area contributed by atoms with E-state index in [0.717, 1.165) is 35.5 Å². The Kier molecular flexibility index (Phi) is 8.99. The molecule has 0 spiro atoms. The fourth-order valence-electron chi connectivity index (χ4n) is 3.28. The molecular weight excluding hydrogens is 216 g/mol. The zero-order valence-electron chi connectivity index (χ0n) is 14.3. The van der Waals surface area contributed by atoms with Gasteiger partial charge in [0.15, 0.2) is 0 Å². The summed E-state index contributed by atoms with van der Waals surface area (Å²) in [6.07, 6.45) is 5.65. The molecule has 0 aromatic heterocycles. The summed E-state index contributed by atoms with van der Waals surface area (Å²) in [5.41, 5.74) is 0. The third-order valence-electron chi connectivity index (χ3n) is 4.87. The molecule has 0 saturated carbocycles. The highest BCUT2D eigenvalue weighted by molar-refractivity contribution is 4.74. The van der Waals surface area contributed by atoms with E-state index in [4.69, 9.17) is 0 Å². The zero-order valence-corrected chi connectivity index (χ0v) is 14.3. The van der Waals surface area contributed by atoms with Gasteiger partial charge < -0.3 is 0 Å². The van der Waals surface area contributed by atoms with Gasteiger partial charge in [-0.2, -0.15) is 0 Å². The molecular formula is C18H38. The van der Waals surface area contributed by atoms with E-state index in [1.165, 1.54) is 25.7 Å². The van der Waals surface area contributed by atoms with Gasteiger partial charge in [-0.1, -0.05) is 68.2 Å². The minimum atomic E-state index is 0.822. The maximum Gasteiger partial charge on any atom is -0.0363 e. The van der Waals surface area contributed by atoms with E-state index in [-0.39, 0.29) is 0 Å². The van der Waals surface area contributed by atoms with Crippen molar-refractivity contribution in [1.82, 2.24) is 0 Å². The Bertz CT molecular complexity index is 190. The summed E-state index contributed by atoms with van der Waals surface area (Å²) in [7, 11) is 0. The van der Waals surface area contributed by atoms with Crippen LogP contribution in [0.1, 0.15) is 81.1 Å². The summed E-state index contributed by atoms with van der Waals surface area (Å²) < 4.78 is 0. The minimum absolute atomic E-state index is 0.822. The molecule has 110 valence electrons. The lowest BCUT2D eigenvalue weighted by Gasteiger charge is -2.31. The van der Waals surface area contributed by atoms with Gasteiger partial charge in [0.25, 0.3) is 0 Å². The Labute approximate surface area is 117 Å². The van der Waals surface area contributed by atoms with Crippen LogP contribution < -0.4 is 0 Å². The molecule has 3 unspecified atom stereocenters. The van der Waals surface area contributed by atoms with Crippen LogP contribution in [0.3, 0.4) is 0 Å². The van der Waals surface area contributed by atoms with Gasteiger partial charge in [-0.25, -0.2) is 0 Å². The van der Waals surface area contributed by atoms with E-state index >= 15 is 0 Å². The van der Waals surface area contributed by atoms with Gasteiger partial charge >= 0.3 is 0 Å². The Morgan fingerprint density at radius 3 is 1.61 bits per heavy atom. The van der Waals surface area contributed by atoms with Crippen LogP contribution in [0, 0.1) is 35.5 Å². The normalized spacial score (nSPS) is 17.5. The van der Waals surface area contributed by atoms with Crippen molar-refractivity contribution in [2.45, 2.75) is 81.1 Å². The van der Waals surface area contributed by atoms with E-state index in [2.05, 4.69) is 55.4 Å². The summed E-state index contributed by atoms with van der Waals surface area (Å²) >= 11 is 0. The van der Waals surface area contributed by atoms with Crippen molar-refractivity contribution in [2.75, 3.05) is 0 Å². The standard InChI is InChI=1S/C18H38/c1-9-17(12-13(2)3)10-11-18(15(6)7)16(8)14(4)5/h13-18H,9-12H2,1-8H3. The molecule has 0 rings (SSSR count). The molecule has 0 aliphatic heterocycles. The van der Waals surface area contributed by atoms with Gasteiger partial charge in [0, 0.05) is 0 Å². The SMILES string of the molecule is CCC(CCC(C(C)C)C(C)C(C)C)CC(C)C. The molecule has 0 aromatic rings. The summed E-state index contributed by atoms with van der Waals surface area (Å²) in [4.78, 5) is 0. The zero-order chi connectivity index (χ0) is 14.3. The predicted octanol–water partition coefficient (Wildman–Crippen LogP) is 6.40. The minimum Gasteiger partial charge on any atom is -0.0651 e. The molecule has 0 N–H and O–H groups in total. The molecule has 0 radical (unpaired) electrons. The van der Waals surface area contributed by atoms with Gasteiger partial charge in [-0.15, -0.1) is 0 Å². The highest BCUT2D eigenvalue weighted by atomic mass is 14.3. The van der Waals surface area contributed by atoms with E-state index in [1.807, 2.05) is 0 Å². The maximum atomic E-state index is 2.46. The lowest BCUT2D eigenvalue weighted by atomic mass is 9.74. The maximum absolute atomic E-state index is 2.46. The van der Waals surface area contributed by atoms with Crippen molar-refractivity contribution in [1.29, 1.82) is 0 Å². The second kappa shape index (κ2) is 8.99. The quantitative estimate of drug-likeness (QED) is 0.446. The molecule has 0 fully saturated rings. The van der Waals surface area contributed by atoms with E-state index in [1.54, 1.807) is 0 Å². The summed E-state index contributed by atoms with van der Waals surface area (Å²) in [6.45, 7) is 19.1. The van der Waals surface area contributed by atoms with Crippen LogP contribution in [0.4, 0.5) is 0 Å². The van der Waals surface area contributed by atoms with Crippen LogP contribution >= 0.6 is 0 Å². The molecule has 0 aliphatic carbocycles. The molecule has 0 nitrogen and oxygen atoms in total. The highest BCUT2D eigenvalue weighted by Crippen LogP contribution is 2.33. The fourth-order valence-corrected chi connectivity index (χ4v) is 3.28. The van der Waals surface area contributed by atoms with Crippen LogP contribution in [0.2, 0.25) is 0 Å². The average Bonchev–Trinajstić information content (AvgIpc) is 2.26. The molecule has 18 heavy (non-hydrogen) atoms. The van der Waals surface area contributed by atoms with Crippen molar-refractivity contribution >= 4 is 0 Å². The van der Waals surface area contributed by atoms with Gasteiger partial charge in [-0.05, 0) is 48.3 Å². The smallest absolute Gasteiger partial charge is 0.0363 e. The Hall–Kier alpha value is 0. The average molecular weight is 255 g/mol. The second-order valence-electron chi connectivity index (χ2n) is 7.49. The second-order valence-corrected chi connectivity index (χ2v) is 7.49. The highest BCUT2D eigenvalue weighted by Gasteiger charge is 2.24. The first-order valence-electron chi connectivity index (χ1n) is 8.29. The molecule has 0 saturated heterocycles. The molecule has 0 amide bonds. The van der Waals surface area contributed by atoms with Gasteiger partial charge in [-0.3, -0.25) is 0 Å². The van der Waals surface area contributed by atoms with Crippen LogP contribution in [-0.2, 0) is 0 Å². The van der Waals surface area contributed by atoms with Crippen LogP contribution in [0.5, 0.6) is 0 Å². The van der Waals surface area contributed by atoms with Crippen LogP contribution in [0.25, 0.3) is 0 Å². The first-order valence-corrected chi connectivity index (χ1v) is 8.29. The third-order valence-corrected chi connectivity index (χ3v) is 4.87. The first kappa shape index (κ1) is 18.0. The van der Waals surface area contributed by atoms with Crippen LogP contribution in [-0.4, -0.2) is 0 Å². The van der Waals surface area contributed by atoms with Crippen molar-refractivity contribution in [3.63, 3.8) is 0 Å². The molecule has 0 heteroatoms. The van der Waals surface area contributed by atoms with Gasteiger partial charge in [0.1, 0.15) is 0 Å². The fraction of sp³-hybridized carbons (Fsp3) is 1.00. The largest absolute Gasteiger partial charge is 0.0651 e. The summed E-state index contributed by atoms with van der Waals surface area (Å²) in [5.74, 6) is 5.23. The van der Waals surface area contributed by atoms with E-state index in [0.29, 0.717) is 0 Å². The molecule has 0 aliphatic rings.